The van der Waals surface area contributed by atoms with Crippen LogP contribution in [0, 0.1) is 5.92 Å². The molecule has 1 atom stereocenters. The van der Waals surface area contributed by atoms with Gasteiger partial charge in [-0.1, -0.05) is 6.92 Å². The van der Waals surface area contributed by atoms with Crippen LogP contribution >= 0.6 is 0 Å². The lowest BCUT2D eigenvalue weighted by molar-refractivity contribution is -0.141. The number of carboxylic acids is 1. The lowest BCUT2D eigenvalue weighted by Crippen LogP contribution is -2.45. The van der Waals surface area contributed by atoms with Gasteiger partial charge in [-0.25, -0.2) is 4.79 Å². The molecule has 4 heteroatoms. The van der Waals surface area contributed by atoms with Gasteiger partial charge >= 0.3 is 5.97 Å². The summed E-state index contributed by atoms with van der Waals surface area (Å²) >= 11 is 0. The van der Waals surface area contributed by atoms with Crippen LogP contribution in [0.15, 0.2) is 11.3 Å². The molecule has 0 spiro atoms. The molecule has 1 aliphatic rings. The van der Waals surface area contributed by atoms with Crippen LogP contribution in [0.25, 0.3) is 0 Å². The van der Waals surface area contributed by atoms with Crippen molar-refractivity contribution in [3.05, 3.63) is 11.3 Å². The lowest BCUT2D eigenvalue weighted by Gasteiger charge is -2.37. The standard InChI is InChI=1S/C9H15NO3/c1-5-7(8(11)12)6(2)10-13-9(5,3)4/h5,10H,1-4H3,(H,11,12). The van der Waals surface area contributed by atoms with E-state index in [1.807, 2.05) is 20.8 Å². The molecule has 0 aromatic heterocycles. The number of hydrogen-bond acceptors (Lipinski definition) is 3. The van der Waals surface area contributed by atoms with Crippen LogP contribution in [0.2, 0.25) is 0 Å². The van der Waals surface area contributed by atoms with Crippen molar-refractivity contribution < 1.29 is 14.7 Å². The minimum absolute atomic E-state index is 0.119. The van der Waals surface area contributed by atoms with Gasteiger partial charge in [0.05, 0.1) is 11.2 Å². The lowest BCUT2D eigenvalue weighted by atomic mass is 9.84. The number of aliphatic carboxylic acids is 1. The second-order valence-corrected chi connectivity index (χ2v) is 3.87. The predicted molar refractivity (Wildman–Crippen MR) is 47.8 cm³/mol. The van der Waals surface area contributed by atoms with Crippen molar-refractivity contribution >= 4 is 5.97 Å². The highest BCUT2D eigenvalue weighted by atomic mass is 16.7. The summed E-state index contributed by atoms with van der Waals surface area (Å²) in [5.74, 6) is -1.000. The molecule has 0 saturated carbocycles. The van der Waals surface area contributed by atoms with Gasteiger partial charge in [-0.3, -0.25) is 10.3 Å². The molecule has 4 nitrogen and oxygen atoms in total. The first-order valence-electron chi connectivity index (χ1n) is 4.24. The fourth-order valence-corrected chi connectivity index (χ4v) is 1.37. The summed E-state index contributed by atoms with van der Waals surface area (Å²) in [7, 11) is 0. The first-order valence-corrected chi connectivity index (χ1v) is 4.24. The number of hydrogen-bond donors (Lipinski definition) is 2. The second kappa shape index (κ2) is 3.03. The maximum Gasteiger partial charge on any atom is 0.333 e. The van der Waals surface area contributed by atoms with Crippen LogP contribution in [-0.4, -0.2) is 16.7 Å². The topological polar surface area (TPSA) is 58.6 Å². The molecule has 1 heterocycles. The van der Waals surface area contributed by atoms with Crippen LogP contribution in [0.5, 0.6) is 0 Å². The monoisotopic (exact) mass is 185 g/mol. The van der Waals surface area contributed by atoms with Crippen LogP contribution in [0.4, 0.5) is 0 Å². The second-order valence-electron chi connectivity index (χ2n) is 3.87. The van der Waals surface area contributed by atoms with Crippen molar-refractivity contribution in [3.8, 4) is 0 Å². The summed E-state index contributed by atoms with van der Waals surface area (Å²) in [5.41, 5.74) is 3.14. The maximum atomic E-state index is 10.9. The normalized spacial score (nSPS) is 26.9. The van der Waals surface area contributed by atoms with Crippen molar-refractivity contribution in [1.29, 1.82) is 0 Å². The molecule has 0 aromatic carbocycles. The maximum absolute atomic E-state index is 10.9. The number of nitrogens with one attached hydrogen (secondary N) is 1. The number of carbonyl (C=O) groups is 1. The number of rotatable bonds is 1. The number of allylic oxidation sites excluding steroid dienone is 1. The zero-order valence-corrected chi connectivity index (χ0v) is 8.34. The van der Waals surface area contributed by atoms with Gasteiger partial charge in [0, 0.05) is 11.6 Å². The molecule has 0 saturated heterocycles. The quantitative estimate of drug-likeness (QED) is 0.646. The first-order chi connectivity index (χ1) is 5.86. The molecule has 13 heavy (non-hydrogen) atoms. The fourth-order valence-electron chi connectivity index (χ4n) is 1.37. The molecule has 0 aliphatic carbocycles. The van der Waals surface area contributed by atoms with Crippen LogP contribution in [-0.2, 0) is 9.63 Å². The Morgan fingerprint density at radius 3 is 2.54 bits per heavy atom. The SMILES string of the molecule is CC1=C(C(=O)O)C(C)C(C)(C)ON1. The fraction of sp³-hybridized carbons (Fsp3) is 0.667. The molecule has 1 aliphatic heterocycles. The van der Waals surface area contributed by atoms with Crippen molar-refractivity contribution in [2.24, 2.45) is 5.92 Å². The highest BCUT2D eigenvalue weighted by Crippen LogP contribution is 2.32. The summed E-state index contributed by atoms with van der Waals surface area (Å²) < 4.78 is 0. The first kappa shape index (κ1) is 10.1. The van der Waals surface area contributed by atoms with Crippen molar-refractivity contribution in [2.45, 2.75) is 33.3 Å². The third kappa shape index (κ3) is 1.67. The van der Waals surface area contributed by atoms with Crippen molar-refractivity contribution in [1.82, 2.24) is 5.48 Å². The summed E-state index contributed by atoms with van der Waals surface area (Å²) in [6, 6.07) is 0. The van der Waals surface area contributed by atoms with E-state index in [1.54, 1.807) is 6.92 Å². The van der Waals surface area contributed by atoms with Gasteiger partial charge in [0.2, 0.25) is 0 Å². The Labute approximate surface area is 77.5 Å². The Morgan fingerprint density at radius 2 is 2.15 bits per heavy atom. The van der Waals surface area contributed by atoms with E-state index in [-0.39, 0.29) is 5.92 Å². The van der Waals surface area contributed by atoms with Crippen molar-refractivity contribution in [2.75, 3.05) is 0 Å². The minimum Gasteiger partial charge on any atom is -0.478 e. The van der Waals surface area contributed by atoms with Gasteiger partial charge in [-0.15, -0.1) is 0 Å². The van der Waals surface area contributed by atoms with Gasteiger partial charge in [0.1, 0.15) is 0 Å². The minimum atomic E-state index is -0.881. The summed E-state index contributed by atoms with van der Waals surface area (Å²) in [6.45, 7) is 7.28. The number of hydroxylamine groups is 1. The Kier molecular flexibility index (Phi) is 2.34. The van der Waals surface area contributed by atoms with Crippen LogP contribution in [0.3, 0.4) is 0 Å². The van der Waals surface area contributed by atoms with E-state index in [4.69, 9.17) is 9.94 Å². The summed E-state index contributed by atoms with van der Waals surface area (Å²) in [4.78, 5) is 16.2. The number of carboxylic acid groups (broad SMARTS) is 1. The molecule has 0 radical (unpaired) electrons. The van der Waals surface area contributed by atoms with E-state index in [0.29, 0.717) is 11.3 Å². The molecule has 0 aromatic rings. The third-order valence-corrected chi connectivity index (χ3v) is 2.58. The smallest absolute Gasteiger partial charge is 0.333 e. The Bertz CT molecular complexity index is 268. The molecule has 0 fully saturated rings. The van der Waals surface area contributed by atoms with E-state index in [9.17, 15) is 4.79 Å². The van der Waals surface area contributed by atoms with Gasteiger partial charge in [0.15, 0.2) is 0 Å². The molecule has 0 bridgehead atoms. The average Bonchev–Trinajstić information content (AvgIpc) is 1.98. The molecule has 1 rings (SSSR count). The van der Waals surface area contributed by atoms with Crippen LogP contribution in [0.1, 0.15) is 27.7 Å². The van der Waals surface area contributed by atoms with Crippen molar-refractivity contribution in [3.63, 3.8) is 0 Å². The molecule has 0 amide bonds. The average molecular weight is 185 g/mol. The summed E-state index contributed by atoms with van der Waals surface area (Å²) in [6.07, 6.45) is 0. The molecular formula is C9H15NO3. The van der Waals surface area contributed by atoms with Gasteiger partial charge < -0.3 is 5.11 Å². The van der Waals surface area contributed by atoms with E-state index in [2.05, 4.69) is 5.48 Å². The third-order valence-electron chi connectivity index (χ3n) is 2.58. The van der Waals surface area contributed by atoms with E-state index >= 15 is 0 Å². The van der Waals surface area contributed by atoms with Gasteiger partial charge in [-0.2, -0.15) is 0 Å². The van der Waals surface area contributed by atoms with Gasteiger partial charge in [-0.05, 0) is 20.8 Å². The van der Waals surface area contributed by atoms with Crippen LogP contribution < -0.4 is 5.48 Å². The van der Waals surface area contributed by atoms with Gasteiger partial charge in [0.25, 0.3) is 0 Å². The Balaban J connectivity index is 3.07. The van der Waals surface area contributed by atoms with E-state index < -0.39 is 11.6 Å². The zero-order valence-electron chi connectivity index (χ0n) is 8.34. The molecule has 2 N–H and O–H groups in total. The zero-order chi connectivity index (χ0) is 10.2. The molecular weight excluding hydrogens is 170 g/mol. The van der Waals surface area contributed by atoms with E-state index in [1.165, 1.54) is 0 Å². The molecule has 1 unspecified atom stereocenters. The highest BCUT2D eigenvalue weighted by molar-refractivity contribution is 5.88. The Hall–Kier alpha value is -1.03. The Morgan fingerprint density at radius 1 is 1.62 bits per heavy atom. The predicted octanol–water partition coefficient (Wildman–Crippen LogP) is 1.29. The van der Waals surface area contributed by atoms with E-state index in [0.717, 1.165) is 0 Å². The summed E-state index contributed by atoms with van der Waals surface area (Å²) in [5, 5.41) is 8.96. The largest absolute Gasteiger partial charge is 0.478 e. The highest BCUT2D eigenvalue weighted by Gasteiger charge is 2.38. The molecule has 74 valence electrons.